The van der Waals surface area contributed by atoms with Crippen molar-refractivity contribution in [1.29, 1.82) is 0 Å². The predicted molar refractivity (Wildman–Crippen MR) is 123 cm³/mol. The molecule has 0 N–H and O–H groups in total. The second-order valence-corrected chi connectivity index (χ2v) is 10.0. The largest absolute Gasteiger partial charge is 0.338 e. The molecule has 0 radical (unpaired) electrons. The van der Waals surface area contributed by atoms with Crippen LogP contribution >= 0.6 is 0 Å². The van der Waals surface area contributed by atoms with Crippen LogP contribution in [0, 0.1) is 6.92 Å². The van der Waals surface area contributed by atoms with Crippen LogP contribution in [0.5, 0.6) is 0 Å². The Morgan fingerprint density at radius 2 is 1.50 bits per heavy atom. The van der Waals surface area contributed by atoms with Crippen molar-refractivity contribution >= 4 is 27.0 Å². The molecular weight excluding hydrogens is 428 g/mol. The zero-order chi connectivity index (χ0) is 22.9. The molecule has 0 saturated carbocycles. The molecule has 9 heteroatoms. The predicted octanol–water partition coefficient (Wildman–Crippen LogP) is 2.05. The number of nitrogens with zero attached hydrogens (tertiary/aromatic N) is 4. The third-order valence-corrected chi connectivity index (χ3v) is 7.83. The molecule has 1 aliphatic heterocycles. The monoisotopic (exact) mass is 456 g/mol. The van der Waals surface area contributed by atoms with Crippen LogP contribution in [0.4, 0.5) is 0 Å². The number of hydrogen-bond donors (Lipinski definition) is 0. The van der Waals surface area contributed by atoms with Gasteiger partial charge in [0.2, 0.25) is 15.9 Å². The normalized spacial score (nSPS) is 15.4. The third kappa shape index (κ3) is 4.10. The van der Waals surface area contributed by atoms with E-state index in [0.717, 1.165) is 23.0 Å². The zero-order valence-corrected chi connectivity index (χ0v) is 19.2. The Hall–Kier alpha value is -2.91. The number of benzene rings is 2. The average molecular weight is 457 g/mol. The van der Waals surface area contributed by atoms with E-state index in [4.69, 9.17) is 0 Å². The Morgan fingerprint density at radius 1 is 0.906 bits per heavy atom. The molecule has 2 aromatic carbocycles. The smallest absolute Gasteiger partial charge is 0.329 e. The summed E-state index contributed by atoms with van der Waals surface area (Å²) >= 11 is 0. The summed E-state index contributed by atoms with van der Waals surface area (Å²) < 4.78 is 30.4. The number of piperazine rings is 1. The van der Waals surface area contributed by atoms with Gasteiger partial charge in [0.25, 0.3) is 0 Å². The van der Waals surface area contributed by atoms with Crippen molar-refractivity contribution in [3.63, 3.8) is 0 Å². The second kappa shape index (κ2) is 8.91. The molecule has 0 spiro atoms. The van der Waals surface area contributed by atoms with E-state index >= 15 is 0 Å². The lowest BCUT2D eigenvalue weighted by atomic mass is 10.2. The number of para-hydroxylation sites is 2. The highest BCUT2D eigenvalue weighted by molar-refractivity contribution is 7.89. The number of amides is 1. The molecule has 2 heterocycles. The maximum atomic E-state index is 13.0. The molecule has 1 aromatic heterocycles. The molecule has 1 saturated heterocycles. The fourth-order valence-corrected chi connectivity index (χ4v) is 5.56. The van der Waals surface area contributed by atoms with Crippen LogP contribution in [-0.4, -0.2) is 58.8 Å². The van der Waals surface area contributed by atoms with Gasteiger partial charge in [-0.1, -0.05) is 36.8 Å². The topological polar surface area (TPSA) is 84.6 Å². The molecule has 170 valence electrons. The Morgan fingerprint density at radius 3 is 2.09 bits per heavy atom. The van der Waals surface area contributed by atoms with Crippen molar-refractivity contribution in [2.24, 2.45) is 0 Å². The van der Waals surface area contributed by atoms with Crippen LogP contribution in [-0.2, 0) is 27.9 Å². The summed E-state index contributed by atoms with van der Waals surface area (Å²) in [5.41, 5.74) is 2.36. The van der Waals surface area contributed by atoms with E-state index in [1.807, 2.05) is 38.1 Å². The number of rotatable bonds is 6. The minimum Gasteiger partial charge on any atom is -0.338 e. The van der Waals surface area contributed by atoms with E-state index in [-0.39, 0.29) is 36.1 Å². The fourth-order valence-electron chi connectivity index (χ4n) is 4.14. The van der Waals surface area contributed by atoms with Gasteiger partial charge in [-0.2, -0.15) is 4.31 Å². The minimum atomic E-state index is -3.59. The van der Waals surface area contributed by atoms with E-state index < -0.39 is 10.0 Å². The van der Waals surface area contributed by atoms with Crippen LogP contribution in [0.15, 0.2) is 58.2 Å². The van der Waals surface area contributed by atoms with Crippen LogP contribution < -0.4 is 5.69 Å². The van der Waals surface area contributed by atoms with Crippen molar-refractivity contribution in [3.05, 3.63) is 64.6 Å². The Balaban J connectivity index is 1.47. The Kier molecular flexibility index (Phi) is 6.21. The van der Waals surface area contributed by atoms with Crippen molar-refractivity contribution in [2.45, 2.75) is 38.3 Å². The average Bonchev–Trinajstić information content (AvgIpc) is 3.06. The molecule has 0 unspecified atom stereocenters. The molecule has 4 rings (SSSR count). The maximum absolute atomic E-state index is 13.0. The molecule has 0 atom stereocenters. The molecule has 1 aliphatic rings. The van der Waals surface area contributed by atoms with Gasteiger partial charge in [-0.3, -0.25) is 13.9 Å². The summed E-state index contributed by atoms with van der Waals surface area (Å²) in [4.78, 5) is 27.8. The lowest BCUT2D eigenvalue weighted by Gasteiger charge is -2.34. The molecule has 0 aliphatic carbocycles. The summed E-state index contributed by atoms with van der Waals surface area (Å²) in [6, 6.07) is 14.3. The number of fused-ring (bicyclic) bond motifs is 1. The van der Waals surface area contributed by atoms with Gasteiger partial charge in [0.05, 0.1) is 15.9 Å². The van der Waals surface area contributed by atoms with Crippen molar-refractivity contribution in [3.8, 4) is 0 Å². The Labute approximate surface area is 187 Å². The first kappa shape index (κ1) is 22.3. The molecule has 1 fully saturated rings. The van der Waals surface area contributed by atoms with Crippen LogP contribution in [0.1, 0.15) is 18.9 Å². The number of aromatic nitrogens is 2. The van der Waals surface area contributed by atoms with Crippen LogP contribution in [0.2, 0.25) is 0 Å². The molecule has 32 heavy (non-hydrogen) atoms. The van der Waals surface area contributed by atoms with E-state index in [0.29, 0.717) is 19.6 Å². The first-order valence-electron chi connectivity index (χ1n) is 10.9. The lowest BCUT2D eigenvalue weighted by molar-refractivity contribution is -0.133. The fraction of sp³-hybridized carbons (Fsp3) is 0.391. The molecular formula is C23H28N4O4S. The lowest BCUT2D eigenvalue weighted by Crippen LogP contribution is -2.51. The number of carbonyl (C=O) groups excluding carboxylic acids is 1. The maximum Gasteiger partial charge on any atom is 0.329 e. The summed E-state index contributed by atoms with van der Waals surface area (Å²) in [7, 11) is -3.59. The first-order chi connectivity index (χ1) is 15.3. The highest BCUT2D eigenvalue weighted by Crippen LogP contribution is 2.19. The number of aryl methyl sites for hydroxylation is 2. The van der Waals surface area contributed by atoms with E-state index in [2.05, 4.69) is 0 Å². The van der Waals surface area contributed by atoms with Gasteiger partial charge in [-0.15, -0.1) is 0 Å². The summed E-state index contributed by atoms with van der Waals surface area (Å²) in [5, 5.41) is 0. The molecule has 1 amide bonds. The SMILES string of the molecule is CCCn1c(=O)n(CC(=O)N2CCN(S(=O)(=O)c3ccc(C)cc3)CC2)c2ccccc21. The standard InChI is InChI=1S/C23H28N4O4S/c1-3-12-26-20-6-4-5-7-21(20)27(23(26)29)17-22(28)24-13-15-25(16-14-24)32(30,31)19-10-8-18(2)9-11-19/h4-11H,3,12-17H2,1-2H3. The number of carbonyl (C=O) groups is 1. The quantitative estimate of drug-likeness (QED) is 0.568. The van der Waals surface area contributed by atoms with E-state index in [1.54, 1.807) is 33.7 Å². The van der Waals surface area contributed by atoms with Gasteiger partial charge in [0.15, 0.2) is 0 Å². The highest BCUT2D eigenvalue weighted by atomic mass is 32.2. The molecule has 0 bridgehead atoms. The first-order valence-corrected chi connectivity index (χ1v) is 12.3. The van der Waals surface area contributed by atoms with Crippen LogP contribution in [0.3, 0.4) is 0 Å². The number of imidazole rings is 1. The van der Waals surface area contributed by atoms with E-state index in [1.165, 1.54) is 8.87 Å². The number of hydrogen-bond acceptors (Lipinski definition) is 4. The van der Waals surface area contributed by atoms with Crippen LogP contribution in [0.25, 0.3) is 11.0 Å². The van der Waals surface area contributed by atoms with Gasteiger partial charge < -0.3 is 4.90 Å². The third-order valence-electron chi connectivity index (χ3n) is 5.92. The van der Waals surface area contributed by atoms with Gasteiger partial charge in [-0.05, 0) is 37.6 Å². The summed E-state index contributed by atoms with van der Waals surface area (Å²) in [5.74, 6) is -0.182. The minimum absolute atomic E-state index is 0.0548. The van der Waals surface area contributed by atoms with Gasteiger partial charge in [0, 0.05) is 32.7 Å². The van der Waals surface area contributed by atoms with Gasteiger partial charge in [-0.25, -0.2) is 13.2 Å². The summed E-state index contributed by atoms with van der Waals surface area (Å²) in [6.45, 7) is 5.51. The van der Waals surface area contributed by atoms with Gasteiger partial charge >= 0.3 is 5.69 Å². The number of sulfonamides is 1. The van der Waals surface area contributed by atoms with Gasteiger partial charge in [0.1, 0.15) is 6.54 Å². The zero-order valence-electron chi connectivity index (χ0n) is 18.4. The highest BCUT2D eigenvalue weighted by Gasteiger charge is 2.30. The second-order valence-electron chi connectivity index (χ2n) is 8.11. The summed E-state index contributed by atoms with van der Waals surface area (Å²) in [6.07, 6.45) is 0.819. The van der Waals surface area contributed by atoms with E-state index in [9.17, 15) is 18.0 Å². The Bertz CT molecular complexity index is 1280. The van der Waals surface area contributed by atoms with Crippen molar-refractivity contribution in [2.75, 3.05) is 26.2 Å². The molecule has 8 nitrogen and oxygen atoms in total. The van der Waals surface area contributed by atoms with Crippen molar-refractivity contribution < 1.29 is 13.2 Å². The van der Waals surface area contributed by atoms with Crippen molar-refractivity contribution in [1.82, 2.24) is 18.3 Å². The molecule has 3 aromatic rings.